The highest BCUT2D eigenvalue weighted by Gasteiger charge is 2.46. The van der Waals surface area contributed by atoms with Crippen LogP contribution in [0.5, 0.6) is 0 Å². The van der Waals surface area contributed by atoms with Gasteiger partial charge in [-0.1, -0.05) is 42.5 Å². The Kier molecular flexibility index (Phi) is 8.34. The number of alkyl halides is 3. The number of fused-ring (bicyclic) bond motifs is 1. The van der Waals surface area contributed by atoms with Crippen LogP contribution in [0.25, 0.3) is 5.69 Å². The minimum atomic E-state index is -4.68. The van der Waals surface area contributed by atoms with E-state index < -0.39 is 47.2 Å². The third kappa shape index (κ3) is 5.96. The van der Waals surface area contributed by atoms with Gasteiger partial charge in [-0.2, -0.15) is 18.3 Å². The number of nitrogens with zero attached hydrogens (tertiary/aromatic N) is 3. The van der Waals surface area contributed by atoms with Crippen LogP contribution in [0, 0.1) is 5.82 Å². The molecule has 4 aromatic rings. The van der Waals surface area contributed by atoms with E-state index in [1.807, 2.05) is 6.07 Å². The molecule has 12 heteroatoms. The second-order valence-corrected chi connectivity index (χ2v) is 10.1. The number of anilines is 1. The Bertz CT molecular complexity index is 1730. The summed E-state index contributed by atoms with van der Waals surface area (Å²) in [5.41, 5.74) is 6.04. The fourth-order valence-corrected chi connectivity index (χ4v) is 5.35. The minimum Gasteiger partial charge on any atom is -0.366 e. The molecule has 2 heterocycles. The maximum Gasteiger partial charge on any atom is 0.416 e. The first-order chi connectivity index (χ1) is 21.0. The molecule has 0 fully saturated rings. The Labute approximate surface area is 249 Å². The van der Waals surface area contributed by atoms with E-state index in [-0.39, 0.29) is 18.5 Å². The van der Waals surface area contributed by atoms with Gasteiger partial charge in [-0.15, -0.1) is 0 Å². The lowest BCUT2D eigenvalue weighted by Crippen LogP contribution is -2.55. The van der Waals surface area contributed by atoms with Gasteiger partial charge in [-0.05, 0) is 61.0 Å². The number of nitrogens with one attached hydrogen (secondary N) is 1. The number of primary amides is 1. The molecule has 1 aliphatic rings. The monoisotopic (exact) mass is 605 g/mol. The van der Waals surface area contributed by atoms with Crippen LogP contribution in [0.3, 0.4) is 0 Å². The number of likely N-dealkylation sites (N-methyl/N-ethyl adjacent to an activating group) is 1. The van der Waals surface area contributed by atoms with Gasteiger partial charge in [0.05, 0.1) is 16.9 Å². The molecule has 226 valence electrons. The van der Waals surface area contributed by atoms with Crippen LogP contribution in [0.4, 0.5) is 23.4 Å². The van der Waals surface area contributed by atoms with Crippen LogP contribution in [0.15, 0.2) is 91.0 Å². The lowest BCUT2D eigenvalue weighted by atomic mass is 9.80. The van der Waals surface area contributed by atoms with Gasteiger partial charge in [0, 0.05) is 30.0 Å². The van der Waals surface area contributed by atoms with Crippen LogP contribution in [0.2, 0.25) is 0 Å². The number of carbonyl (C=O) groups excluding carboxylic acids is 3. The Morgan fingerprint density at radius 1 is 1.02 bits per heavy atom. The van der Waals surface area contributed by atoms with Crippen LogP contribution >= 0.6 is 0 Å². The molecule has 0 radical (unpaired) electrons. The van der Waals surface area contributed by atoms with E-state index in [9.17, 15) is 31.9 Å². The molecule has 0 saturated carbocycles. The van der Waals surface area contributed by atoms with E-state index in [2.05, 4.69) is 5.32 Å². The fraction of sp³-hybridized carbons (Fsp3) is 0.188. The second-order valence-electron chi connectivity index (χ2n) is 10.1. The topological polar surface area (TPSA) is 110 Å². The number of hydrogen-bond acceptors (Lipinski definition) is 4. The third-order valence-corrected chi connectivity index (χ3v) is 7.28. The summed E-state index contributed by atoms with van der Waals surface area (Å²) in [6, 6.07) is 17.0. The SMILES string of the molecule is CCN1C(=O)[C@@H](NC(=O)c2cccc(C(F)(F)F)c2)[C@@H](c2ccc(F)cc2)c2c(C/C=C/C(N)=O)nn(-c3ccccc3)c21. The van der Waals surface area contributed by atoms with Crippen molar-refractivity contribution in [1.82, 2.24) is 15.1 Å². The molecule has 0 spiro atoms. The van der Waals surface area contributed by atoms with Crippen molar-refractivity contribution in [2.24, 2.45) is 5.73 Å². The Morgan fingerprint density at radius 3 is 2.36 bits per heavy atom. The second kappa shape index (κ2) is 12.2. The van der Waals surface area contributed by atoms with E-state index in [1.165, 1.54) is 47.4 Å². The van der Waals surface area contributed by atoms with Crippen LogP contribution in [0.1, 0.15) is 45.6 Å². The number of rotatable bonds is 8. The van der Waals surface area contributed by atoms with Gasteiger partial charge in [-0.25, -0.2) is 9.07 Å². The van der Waals surface area contributed by atoms with Crippen molar-refractivity contribution in [2.45, 2.75) is 31.5 Å². The van der Waals surface area contributed by atoms with E-state index in [0.29, 0.717) is 34.4 Å². The van der Waals surface area contributed by atoms with Crippen molar-refractivity contribution in [3.63, 3.8) is 0 Å². The summed E-state index contributed by atoms with van der Waals surface area (Å²) in [5, 5.41) is 7.47. The zero-order valence-electron chi connectivity index (χ0n) is 23.4. The molecule has 8 nitrogen and oxygen atoms in total. The summed E-state index contributed by atoms with van der Waals surface area (Å²) in [6.07, 6.45) is -1.87. The number of allylic oxidation sites excluding steroid dienone is 1. The maximum atomic E-state index is 14.2. The van der Waals surface area contributed by atoms with Gasteiger partial charge in [-0.3, -0.25) is 19.3 Å². The number of hydrogen-bond donors (Lipinski definition) is 2. The Balaban J connectivity index is 1.70. The number of aromatic nitrogens is 2. The molecular formula is C32H27F4N5O3. The van der Waals surface area contributed by atoms with Crippen LogP contribution in [-0.4, -0.2) is 40.1 Å². The smallest absolute Gasteiger partial charge is 0.366 e. The van der Waals surface area contributed by atoms with Gasteiger partial charge >= 0.3 is 6.18 Å². The molecule has 5 rings (SSSR count). The number of para-hydroxylation sites is 1. The summed E-state index contributed by atoms with van der Waals surface area (Å²) in [7, 11) is 0. The Hall–Kier alpha value is -5.26. The molecule has 3 aromatic carbocycles. The molecule has 1 aromatic heterocycles. The van der Waals surface area contributed by atoms with Crippen molar-refractivity contribution >= 4 is 23.5 Å². The van der Waals surface area contributed by atoms with Crippen molar-refractivity contribution in [1.29, 1.82) is 0 Å². The largest absolute Gasteiger partial charge is 0.416 e. The lowest BCUT2D eigenvalue weighted by molar-refractivity contribution is -0.137. The average Bonchev–Trinajstić information content (AvgIpc) is 3.36. The predicted molar refractivity (Wildman–Crippen MR) is 155 cm³/mol. The maximum absolute atomic E-state index is 14.2. The number of nitrogens with two attached hydrogens (primary N) is 1. The molecule has 3 amide bonds. The summed E-state index contributed by atoms with van der Waals surface area (Å²) in [6.45, 7) is 1.90. The van der Waals surface area contributed by atoms with Crippen LogP contribution in [-0.2, 0) is 22.2 Å². The van der Waals surface area contributed by atoms with Crippen LogP contribution < -0.4 is 16.0 Å². The Morgan fingerprint density at radius 2 is 1.73 bits per heavy atom. The first-order valence-corrected chi connectivity index (χ1v) is 13.7. The summed E-state index contributed by atoms with van der Waals surface area (Å²) in [5.74, 6) is -3.15. The number of halogens is 4. The molecular weight excluding hydrogens is 578 g/mol. The molecule has 0 aliphatic carbocycles. The lowest BCUT2D eigenvalue weighted by Gasteiger charge is -2.38. The van der Waals surface area contributed by atoms with Gasteiger partial charge in [0.15, 0.2) is 0 Å². The molecule has 1 aliphatic heterocycles. The highest BCUT2D eigenvalue weighted by molar-refractivity contribution is 6.05. The molecule has 44 heavy (non-hydrogen) atoms. The van der Waals surface area contributed by atoms with E-state index >= 15 is 0 Å². The normalized spacial score (nSPS) is 16.7. The van der Waals surface area contributed by atoms with E-state index in [0.717, 1.165) is 12.1 Å². The number of benzene rings is 3. The van der Waals surface area contributed by atoms with Gasteiger partial charge < -0.3 is 11.1 Å². The van der Waals surface area contributed by atoms with Gasteiger partial charge in [0.1, 0.15) is 17.7 Å². The zero-order chi connectivity index (χ0) is 31.6. The summed E-state index contributed by atoms with van der Waals surface area (Å²) < 4.78 is 55.8. The number of amides is 3. The average molecular weight is 606 g/mol. The first-order valence-electron chi connectivity index (χ1n) is 13.7. The van der Waals surface area contributed by atoms with Crippen molar-refractivity contribution < 1.29 is 31.9 Å². The quantitative estimate of drug-likeness (QED) is 0.220. The van der Waals surface area contributed by atoms with Crippen molar-refractivity contribution in [3.8, 4) is 5.69 Å². The van der Waals surface area contributed by atoms with Gasteiger partial charge in [0.25, 0.3) is 11.8 Å². The fourth-order valence-electron chi connectivity index (χ4n) is 5.35. The molecule has 0 unspecified atom stereocenters. The third-order valence-electron chi connectivity index (χ3n) is 7.28. The zero-order valence-corrected chi connectivity index (χ0v) is 23.4. The van der Waals surface area contributed by atoms with Gasteiger partial charge in [0.2, 0.25) is 5.91 Å². The minimum absolute atomic E-state index is 0.114. The number of carbonyl (C=O) groups is 3. The summed E-state index contributed by atoms with van der Waals surface area (Å²) >= 11 is 0. The molecule has 0 bridgehead atoms. The first kappa shape index (κ1) is 30.2. The summed E-state index contributed by atoms with van der Waals surface area (Å²) in [4.78, 5) is 40.5. The van der Waals surface area contributed by atoms with Crippen molar-refractivity contribution in [3.05, 3.63) is 125 Å². The van der Waals surface area contributed by atoms with Crippen molar-refractivity contribution in [2.75, 3.05) is 11.4 Å². The predicted octanol–water partition coefficient (Wildman–Crippen LogP) is 4.91. The van der Waals surface area contributed by atoms with E-state index in [1.54, 1.807) is 35.9 Å². The van der Waals surface area contributed by atoms with E-state index in [4.69, 9.17) is 10.8 Å². The molecule has 3 N–H and O–H groups in total. The molecule has 2 atom stereocenters. The highest BCUT2D eigenvalue weighted by Crippen LogP contribution is 2.44. The molecule has 0 saturated heterocycles. The standard InChI is InChI=1S/C32H27F4N5O3/c1-2-40-30-27(24(12-7-13-25(37)42)39-41(30)23-10-4-3-5-11-23)26(19-14-16-22(33)17-15-19)28(31(40)44)38-29(43)20-8-6-9-21(18-20)32(34,35)36/h3-11,13-18,26,28H,2,12H2,1H3,(H2,37,42)(H,38,43)/b13-7+/t26-,28-/m0/s1. The highest BCUT2D eigenvalue weighted by atomic mass is 19.4.